The van der Waals surface area contributed by atoms with Gasteiger partial charge >= 0.3 is 0 Å². The first kappa shape index (κ1) is 51.0. The third kappa shape index (κ3) is 10.1. The van der Waals surface area contributed by atoms with Gasteiger partial charge in [-0.05, 0) is 147 Å². The van der Waals surface area contributed by atoms with Crippen molar-refractivity contribution in [3.63, 3.8) is 0 Å². The Hall–Kier alpha value is -10.9. The number of allylic oxidation sites excluding steroid dienone is 4. The predicted octanol–water partition coefficient (Wildman–Crippen LogP) is 21.8. The molecule has 2 aliphatic rings. The number of fused-ring (bicyclic) bond motifs is 2. The van der Waals surface area contributed by atoms with Crippen LogP contribution in [0.5, 0.6) is 0 Å². The van der Waals surface area contributed by atoms with E-state index in [4.69, 9.17) is 9.97 Å². The number of hydrogen-bond acceptors (Lipinski definition) is 4. The fourth-order valence-electron chi connectivity index (χ4n) is 12.4. The maximum Gasteiger partial charge on any atom is 0.0973 e. The van der Waals surface area contributed by atoms with Crippen molar-refractivity contribution in [3.05, 3.63) is 333 Å². The molecule has 1 saturated carbocycles. The SMILES string of the molecule is C1=CC2CC2C=C1c1ccc(N(c2ccc(-c3nc4ccccc4nc3-c3ccc(N(c4ccc(-c5ccccc5)cc4)c4ccccc4-c4ccccc4-c4ccccc4)cc3)cc2)c2ccccc2-c2ccccc2-c2ccccc2)cc1. The normalized spacial score (nSPS) is 14.1. The molecule has 85 heavy (non-hydrogen) atoms. The van der Waals surface area contributed by atoms with Crippen molar-refractivity contribution in [3.8, 4) is 78.1 Å². The molecule has 2 atom stereocenters. The summed E-state index contributed by atoms with van der Waals surface area (Å²) < 4.78 is 0. The molecule has 402 valence electrons. The van der Waals surface area contributed by atoms with E-state index in [-0.39, 0.29) is 0 Å². The average molecular weight is 1090 g/mol. The minimum absolute atomic E-state index is 0.668. The van der Waals surface area contributed by atoms with E-state index in [1.807, 2.05) is 12.1 Å². The summed E-state index contributed by atoms with van der Waals surface area (Å²) in [7, 11) is 0. The number of hydrogen-bond donors (Lipinski definition) is 0. The summed E-state index contributed by atoms with van der Waals surface area (Å²) in [6.45, 7) is 0. The highest BCUT2D eigenvalue weighted by Crippen LogP contribution is 2.49. The summed E-state index contributed by atoms with van der Waals surface area (Å²) in [5, 5.41) is 0. The van der Waals surface area contributed by atoms with Crippen LogP contribution in [0.15, 0.2) is 328 Å². The summed E-state index contributed by atoms with van der Waals surface area (Å²) >= 11 is 0. The van der Waals surface area contributed by atoms with Crippen LogP contribution in [-0.2, 0) is 0 Å². The molecule has 2 aliphatic carbocycles. The zero-order valence-electron chi connectivity index (χ0n) is 46.8. The van der Waals surface area contributed by atoms with Gasteiger partial charge in [-0.1, -0.05) is 255 Å². The highest BCUT2D eigenvalue weighted by molar-refractivity contribution is 5.97. The molecule has 0 bridgehead atoms. The molecule has 0 radical (unpaired) electrons. The number of anilines is 6. The van der Waals surface area contributed by atoms with Gasteiger partial charge in [-0.2, -0.15) is 0 Å². The molecule has 0 spiro atoms. The van der Waals surface area contributed by atoms with Gasteiger partial charge in [-0.3, -0.25) is 0 Å². The summed E-state index contributed by atoms with van der Waals surface area (Å²) in [5.74, 6) is 1.38. The fourth-order valence-corrected chi connectivity index (χ4v) is 12.4. The van der Waals surface area contributed by atoms with E-state index in [1.54, 1.807) is 0 Å². The smallest absolute Gasteiger partial charge is 0.0973 e. The highest BCUT2D eigenvalue weighted by atomic mass is 15.2. The van der Waals surface area contributed by atoms with E-state index in [9.17, 15) is 0 Å². The summed E-state index contributed by atoms with van der Waals surface area (Å²) in [5.41, 5.74) is 25.8. The van der Waals surface area contributed by atoms with Crippen LogP contribution in [0.3, 0.4) is 0 Å². The van der Waals surface area contributed by atoms with Gasteiger partial charge in [0.1, 0.15) is 0 Å². The van der Waals surface area contributed by atoms with Crippen LogP contribution < -0.4 is 9.80 Å². The van der Waals surface area contributed by atoms with Gasteiger partial charge in [0.05, 0.1) is 33.8 Å². The first-order chi connectivity index (χ1) is 42.1. The van der Waals surface area contributed by atoms with Crippen molar-refractivity contribution in [2.24, 2.45) is 11.8 Å². The minimum atomic E-state index is 0.668. The third-order valence-electron chi connectivity index (χ3n) is 16.8. The Bertz CT molecular complexity index is 4590. The van der Waals surface area contributed by atoms with Gasteiger partial charge < -0.3 is 9.80 Å². The Morgan fingerprint density at radius 3 is 1.01 bits per heavy atom. The lowest BCUT2D eigenvalue weighted by Crippen LogP contribution is -2.11. The Labute approximate surface area is 497 Å². The van der Waals surface area contributed by atoms with E-state index >= 15 is 0 Å². The largest absolute Gasteiger partial charge is 0.310 e. The topological polar surface area (TPSA) is 32.3 Å². The minimum Gasteiger partial charge on any atom is -0.310 e. The van der Waals surface area contributed by atoms with E-state index < -0.39 is 0 Å². The van der Waals surface area contributed by atoms with E-state index in [2.05, 4.69) is 325 Å². The Morgan fingerprint density at radius 1 is 0.259 bits per heavy atom. The van der Waals surface area contributed by atoms with Crippen molar-refractivity contribution >= 4 is 50.7 Å². The lowest BCUT2D eigenvalue weighted by atomic mass is 9.93. The lowest BCUT2D eigenvalue weighted by molar-refractivity contribution is 0.985. The quantitative estimate of drug-likeness (QED) is 0.109. The molecule has 12 aromatic carbocycles. The van der Waals surface area contributed by atoms with Gasteiger partial charge in [0.15, 0.2) is 0 Å². The standard InChI is InChI=1S/C81H58N4/c1-4-20-56(21-5-1)57-38-46-66(47-39-57)84(78-34-18-14-30-74(78)72-28-12-10-26-70(72)59-22-6-2-7-23-59)68-50-42-61(43-51-68)80-81(83-77-33-17-16-32-76(77)82-80)62-44-52-69(53-45-62)85(67-48-40-58(41-49-67)63-36-37-64-55-65(64)54-63)79-35-19-15-31-75(79)73-29-13-11-27-71(73)60-24-8-3-9-25-60/h1-54,64-65H,55H2. The van der Waals surface area contributed by atoms with Crippen LogP contribution >= 0.6 is 0 Å². The van der Waals surface area contributed by atoms with E-state index in [1.165, 1.54) is 50.9 Å². The Balaban J connectivity index is 0.831. The van der Waals surface area contributed by atoms with Crippen LogP contribution in [-0.4, -0.2) is 9.97 Å². The van der Waals surface area contributed by atoms with Crippen molar-refractivity contribution in [1.29, 1.82) is 0 Å². The highest BCUT2D eigenvalue weighted by Gasteiger charge is 2.35. The second-order valence-corrected chi connectivity index (χ2v) is 22.0. The van der Waals surface area contributed by atoms with Gasteiger partial charge in [0, 0.05) is 45.0 Å². The maximum absolute atomic E-state index is 5.43. The third-order valence-corrected chi connectivity index (χ3v) is 16.8. The van der Waals surface area contributed by atoms with Crippen molar-refractivity contribution in [1.82, 2.24) is 9.97 Å². The molecule has 13 aromatic rings. The molecule has 0 amide bonds. The molecule has 4 heteroatoms. The maximum atomic E-state index is 5.43. The molecular weight excluding hydrogens is 1030 g/mol. The molecular formula is C81H58N4. The van der Waals surface area contributed by atoms with Gasteiger partial charge in [-0.25, -0.2) is 9.97 Å². The van der Waals surface area contributed by atoms with Crippen molar-refractivity contribution in [2.45, 2.75) is 6.42 Å². The molecule has 1 fully saturated rings. The molecule has 4 nitrogen and oxygen atoms in total. The van der Waals surface area contributed by atoms with Crippen LogP contribution in [0, 0.1) is 11.8 Å². The summed E-state index contributed by atoms with van der Waals surface area (Å²) in [4.78, 5) is 15.6. The van der Waals surface area contributed by atoms with Crippen molar-refractivity contribution < 1.29 is 0 Å². The summed E-state index contributed by atoms with van der Waals surface area (Å²) in [6.07, 6.45) is 8.41. The molecule has 1 heterocycles. The van der Waals surface area contributed by atoms with Crippen LogP contribution in [0.4, 0.5) is 34.1 Å². The molecule has 2 unspecified atom stereocenters. The molecule has 0 aliphatic heterocycles. The molecule has 1 aromatic heterocycles. The summed E-state index contributed by atoms with van der Waals surface area (Å²) in [6, 6.07) is 111. The fraction of sp³-hybridized carbons (Fsp3) is 0.0370. The number of rotatable bonds is 14. The van der Waals surface area contributed by atoms with Crippen LogP contribution in [0.25, 0.3) is 94.8 Å². The lowest BCUT2D eigenvalue weighted by Gasteiger charge is -2.29. The van der Waals surface area contributed by atoms with Crippen LogP contribution in [0.1, 0.15) is 12.0 Å². The monoisotopic (exact) mass is 1090 g/mol. The second-order valence-electron chi connectivity index (χ2n) is 22.0. The Kier molecular flexibility index (Phi) is 13.5. The zero-order valence-corrected chi connectivity index (χ0v) is 46.8. The molecule has 0 N–H and O–H groups in total. The van der Waals surface area contributed by atoms with Gasteiger partial charge in [0.25, 0.3) is 0 Å². The van der Waals surface area contributed by atoms with E-state index in [0.717, 1.165) is 89.9 Å². The van der Waals surface area contributed by atoms with Gasteiger partial charge in [-0.15, -0.1) is 0 Å². The number of para-hydroxylation sites is 4. The number of nitrogens with zero attached hydrogens (tertiary/aromatic N) is 4. The number of benzene rings is 12. The first-order valence-corrected chi connectivity index (χ1v) is 29.4. The zero-order chi connectivity index (χ0) is 56.5. The second kappa shape index (κ2) is 22.4. The van der Waals surface area contributed by atoms with Crippen LogP contribution in [0.2, 0.25) is 0 Å². The molecule has 0 saturated heterocycles. The number of aromatic nitrogens is 2. The van der Waals surface area contributed by atoms with E-state index in [0.29, 0.717) is 11.8 Å². The Morgan fingerprint density at radius 2 is 0.588 bits per heavy atom. The van der Waals surface area contributed by atoms with Crippen molar-refractivity contribution in [2.75, 3.05) is 9.80 Å². The van der Waals surface area contributed by atoms with Gasteiger partial charge in [0.2, 0.25) is 0 Å². The average Bonchev–Trinajstić information content (AvgIpc) is 4.00. The first-order valence-electron chi connectivity index (χ1n) is 29.4. The molecule has 15 rings (SSSR count). The predicted molar refractivity (Wildman–Crippen MR) is 356 cm³/mol.